The first-order chi connectivity index (χ1) is 7.13. The lowest BCUT2D eigenvalue weighted by Crippen LogP contribution is -2.47. The number of rotatable bonds is 6. The van der Waals surface area contributed by atoms with E-state index in [1.165, 1.54) is 0 Å². The van der Waals surface area contributed by atoms with Gasteiger partial charge in [-0.15, -0.1) is 0 Å². The Morgan fingerprint density at radius 1 is 1.53 bits per heavy atom. The van der Waals surface area contributed by atoms with Crippen molar-refractivity contribution in [1.29, 1.82) is 0 Å². The van der Waals surface area contributed by atoms with Crippen LogP contribution < -0.4 is 10.6 Å². The lowest BCUT2D eigenvalue weighted by atomic mass is 9.99. The van der Waals surface area contributed by atoms with Crippen LogP contribution in [0.5, 0.6) is 0 Å². The molecule has 0 radical (unpaired) electrons. The van der Waals surface area contributed by atoms with Crippen LogP contribution in [0.1, 0.15) is 26.2 Å². The second kappa shape index (κ2) is 5.70. The third kappa shape index (κ3) is 3.87. The normalized spacial score (nSPS) is 17.9. The summed E-state index contributed by atoms with van der Waals surface area (Å²) in [6.07, 6.45) is 1.67. The van der Waals surface area contributed by atoms with E-state index in [0.29, 0.717) is 18.8 Å². The molecule has 0 aromatic rings. The molecule has 86 valence electrons. The molecule has 1 aliphatic rings. The molecule has 1 atom stereocenters. The molecule has 5 heteroatoms. The van der Waals surface area contributed by atoms with E-state index in [-0.39, 0.29) is 5.91 Å². The molecule has 3 N–H and O–H groups in total. The molecule has 0 aromatic carbocycles. The average molecular weight is 214 g/mol. The summed E-state index contributed by atoms with van der Waals surface area (Å²) in [5, 5.41) is 14.5. The van der Waals surface area contributed by atoms with Crippen LogP contribution >= 0.6 is 0 Å². The Bertz CT molecular complexity index is 239. The van der Waals surface area contributed by atoms with Crippen molar-refractivity contribution < 1.29 is 14.7 Å². The second-order valence-electron chi connectivity index (χ2n) is 3.98. The molecule has 1 saturated heterocycles. The standard InChI is InChI=1S/C10H18N2O3/c1-2-3-8(10(14)15)12-9(13)4-7-5-11-6-7/h7-8,11H,2-6H2,1H3,(H,12,13)(H,14,15). The van der Waals surface area contributed by atoms with Gasteiger partial charge in [0.2, 0.25) is 5.91 Å². The Balaban J connectivity index is 2.28. The fourth-order valence-corrected chi connectivity index (χ4v) is 1.55. The van der Waals surface area contributed by atoms with Gasteiger partial charge in [0.15, 0.2) is 0 Å². The second-order valence-corrected chi connectivity index (χ2v) is 3.98. The predicted molar refractivity (Wildman–Crippen MR) is 55.5 cm³/mol. The molecule has 1 aliphatic heterocycles. The molecular weight excluding hydrogens is 196 g/mol. The summed E-state index contributed by atoms with van der Waals surface area (Å²) in [7, 11) is 0. The Morgan fingerprint density at radius 3 is 2.60 bits per heavy atom. The highest BCUT2D eigenvalue weighted by atomic mass is 16.4. The molecule has 0 aromatic heterocycles. The van der Waals surface area contributed by atoms with Crippen LogP contribution in [0.4, 0.5) is 0 Å². The van der Waals surface area contributed by atoms with Crippen LogP contribution in [0.3, 0.4) is 0 Å². The SMILES string of the molecule is CCCC(NC(=O)CC1CNC1)C(=O)O. The zero-order chi connectivity index (χ0) is 11.3. The van der Waals surface area contributed by atoms with Gasteiger partial charge in [-0.05, 0) is 25.4 Å². The van der Waals surface area contributed by atoms with Crippen molar-refractivity contribution in [2.45, 2.75) is 32.2 Å². The van der Waals surface area contributed by atoms with Crippen molar-refractivity contribution in [3.63, 3.8) is 0 Å². The highest BCUT2D eigenvalue weighted by Crippen LogP contribution is 2.08. The van der Waals surface area contributed by atoms with Gasteiger partial charge in [-0.2, -0.15) is 0 Å². The van der Waals surface area contributed by atoms with E-state index < -0.39 is 12.0 Å². The fraction of sp³-hybridized carbons (Fsp3) is 0.800. The van der Waals surface area contributed by atoms with Crippen molar-refractivity contribution in [2.24, 2.45) is 5.92 Å². The predicted octanol–water partition coefficient (Wildman–Crippen LogP) is -0.0346. The maximum atomic E-state index is 11.4. The van der Waals surface area contributed by atoms with E-state index in [1.54, 1.807) is 0 Å². The van der Waals surface area contributed by atoms with Gasteiger partial charge in [0.1, 0.15) is 6.04 Å². The van der Waals surface area contributed by atoms with Gasteiger partial charge in [0.25, 0.3) is 0 Å². The zero-order valence-corrected chi connectivity index (χ0v) is 8.95. The van der Waals surface area contributed by atoms with Gasteiger partial charge in [-0.25, -0.2) is 4.79 Å². The summed E-state index contributed by atoms with van der Waals surface area (Å²) in [6.45, 7) is 3.62. The van der Waals surface area contributed by atoms with Crippen LogP contribution in [0.2, 0.25) is 0 Å². The third-order valence-electron chi connectivity index (χ3n) is 2.55. The van der Waals surface area contributed by atoms with E-state index in [2.05, 4.69) is 10.6 Å². The van der Waals surface area contributed by atoms with E-state index in [1.807, 2.05) is 6.92 Å². The minimum Gasteiger partial charge on any atom is -0.480 e. The molecule has 0 saturated carbocycles. The van der Waals surface area contributed by atoms with Gasteiger partial charge in [-0.1, -0.05) is 13.3 Å². The van der Waals surface area contributed by atoms with Crippen LogP contribution in [0, 0.1) is 5.92 Å². The molecule has 0 aliphatic carbocycles. The van der Waals surface area contributed by atoms with Crippen molar-refractivity contribution in [1.82, 2.24) is 10.6 Å². The number of aliphatic carboxylic acids is 1. The first kappa shape index (κ1) is 12.0. The number of carbonyl (C=O) groups is 2. The van der Waals surface area contributed by atoms with E-state index in [4.69, 9.17) is 5.11 Å². The number of amides is 1. The number of carbonyl (C=O) groups excluding carboxylic acids is 1. The lowest BCUT2D eigenvalue weighted by Gasteiger charge is -2.26. The highest BCUT2D eigenvalue weighted by Gasteiger charge is 2.23. The maximum Gasteiger partial charge on any atom is 0.326 e. The highest BCUT2D eigenvalue weighted by molar-refractivity contribution is 5.83. The van der Waals surface area contributed by atoms with Gasteiger partial charge in [-0.3, -0.25) is 4.79 Å². The summed E-state index contributed by atoms with van der Waals surface area (Å²) in [5.41, 5.74) is 0. The van der Waals surface area contributed by atoms with Crippen molar-refractivity contribution >= 4 is 11.9 Å². The topological polar surface area (TPSA) is 78.4 Å². The van der Waals surface area contributed by atoms with Gasteiger partial charge in [0, 0.05) is 6.42 Å². The molecule has 5 nitrogen and oxygen atoms in total. The number of nitrogens with one attached hydrogen (secondary N) is 2. The molecule has 1 heterocycles. The van der Waals surface area contributed by atoms with Gasteiger partial charge < -0.3 is 15.7 Å². The van der Waals surface area contributed by atoms with E-state index >= 15 is 0 Å². The fourth-order valence-electron chi connectivity index (χ4n) is 1.55. The zero-order valence-electron chi connectivity index (χ0n) is 8.95. The summed E-state index contributed by atoms with van der Waals surface area (Å²) in [4.78, 5) is 22.2. The molecule has 15 heavy (non-hydrogen) atoms. The number of carboxylic acids is 1. The molecular formula is C10H18N2O3. The van der Waals surface area contributed by atoms with Gasteiger partial charge >= 0.3 is 5.97 Å². The Kier molecular flexibility index (Phi) is 4.55. The van der Waals surface area contributed by atoms with Crippen molar-refractivity contribution in [3.05, 3.63) is 0 Å². The van der Waals surface area contributed by atoms with Gasteiger partial charge in [0.05, 0.1) is 0 Å². The van der Waals surface area contributed by atoms with Crippen LogP contribution in [0.15, 0.2) is 0 Å². The Morgan fingerprint density at radius 2 is 2.20 bits per heavy atom. The summed E-state index contributed by atoms with van der Waals surface area (Å²) >= 11 is 0. The average Bonchev–Trinajstić information content (AvgIpc) is 2.10. The molecule has 1 rings (SSSR count). The summed E-state index contributed by atoms with van der Waals surface area (Å²) in [5.74, 6) is -0.722. The minimum atomic E-state index is -0.947. The largest absolute Gasteiger partial charge is 0.480 e. The van der Waals surface area contributed by atoms with Crippen LogP contribution in [-0.4, -0.2) is 36.1 Å². The van der Waals surface area contributed by atoms with Crippen molar-refractivity contribution in [2.75, 3.05) is 13.1 Å². The number of hydrogen-bond donors (Lipinski definition) is 3. The lowest BCUT2D eigenvalue weighted by molar-refractivity contribution is -0.142. The smallest absolute Gasteiger partial charge is 0.326 e. The first-order valence-corrected chi connectivity index (χ1v) is 5.36. The van der Waals surface area contributed by atoms with E-state index in [9.17, 15) is 9.59 Å². The van der Waals surface area contributed by atoms with Crippen LogP contribution in [-0.2, 0) is 9.59 Å². The van der Waals surface area contributed by atoms with Crippen LogP contribution in [0.25, 0.3) is 0 Å². The summed E-state index contributed by atoms with van der Waals surface area (Å²) in [6, 6.07) is -0.726. The third-order valence-corrected chi connectivity index (χ3v) is 2.55. The molecule has 0 spiro atoms. The molecule has 0 bridgehead atoms. The van der Waals surface area contributed by atoms with E-state index in [0.717, 1.165) is 19.5 Å². The van der Waals surface area contributed by atoms with Crippen molar-refractivity contribution in [3.8, 4) is 0 Å². The number of hydrogen-bond acceptors (Lipinski definition) is 3. The number of carboxylic acid groups (broad SMARTS) is 1. The quantitative estimate of drug-likeness (QED) is 0.580. The maximum absolute atomic E-state index is 11.4. The molecule has 1 fully saturated rings. The minimum absolute atomic E-state index is 0.151. The first-order valence-electron chi connectivity index (χ1n) is 5.36. The Hall–Kier alpha value is -1.10. The summed E-state index contributed by atoms with van der Waals surface area (Å²) < 4.78 is 0. The monoisotopic (exact) mass is 214 g/mol. The molecule has 1 amide bonds. The Labute approximate surface area is 89.2 Å². The molecule has 1 unspecified atom stereocenters.